The molecule has 0 aromatic carbocycles. The molecule has 1 heterocycles. The van der Waals surface area contributed by atoms with Gasteiger partial charge >= 0.3 is 0 Å². The molecule has 0 aliphatic rings. The van der Waals surface area contributed by atoms with Crippen LogP contribution in [-0.4, -0.2) is 10.8 Å². The number of aryl methyl sites for hydroxylation is 1. The number of nitrogens with zero attached hydrogens (tertiary/aromatic N) is 1. The lowest BCUT2D eigenvalue weighted by atomic mass is 10.1. The number of rotatable bonds is 4. The summed E-state index contributed by atoms with van der Waals surface area (Å²) in [5.41, 5.74) is 1.60. The topological polar surface area (TPSA) is 30.0 Å². The van der Waals surface area contributed by atoms with E-state index in [-0.39, 0.29) is 5.78 Å². The van der Waals surface area contributed by atoms with E-state index in [0.29, 0.717) is 12.8 Å². The molecule has 0 amide bonds. The Labute approximate surface area is 84.4 Å². The van der Waals surface area contributed by atoms with Gasteiger partial charge in [0.25, 0.3) is 0 Å². The number of hydrogen-bond donors (Lipinski definition) is 0. The Morgan fingerprint density at radius 3 is 3.07 bits per heavy atom. The smallest absolute Gasteiger partial charge is 0.163 e. The molecule has 0 aliphatic carbocycles. The van der Waals surface area contributed by atoms with Crippen molar-refractivity contribution < 1.29 is 4.79 Å². The third-order valence-electron chi connectivity index (χ3n) is 1.94. The van der Waals surface area contributed by atoms with Gasteiger partial charge in [0.2, 0.25) is 0 Å². The van der Waals surface area contributed by atoms with Gasteiger partial charge in [-0.3, -0.25) is 9.78 Å². The molecule has 14 heavy (non-hydrogen) atoms. The van der Waals surface area contributed by atoms with Gasteiger partial charge in [-0.1, -0.05) is 0 Å². The zero-order valence-corrected chi connectivity index (χ0v) is 8.29. The van der Waals surface area contributed by atoms with Gasteiger partial charge in [-0.2, -0.15) is 0 Å². The van der Waals surface area contributed by atoms with Gasteiger partial charge in [-0.05, 0) is 25.5 Å². The summed E-state index contributed by atoms with van der Waals surface area (Å²) < 4.78 is 0. The van der Waals surface area contributed by atoms with E-state index in [1.165, 1.54) is 0 Å². The summed E-state index contributed by atoms with van der Waals surface area (Å²) in [5, 5.41) is 0. The van der Waals surface area contributed by atoms with E-state index < -0.39 is 0 Å². The summed E-state index contributed by atoms with van der Waals surface area (Å²) in [4.78, 5) is 15.6. The molecule has 0 saturated heterocycles. The van der Waals surface area contributed by atoms with Crippen LogP contribution in [0.5, 0.6) is 0 Å². The van der Waals surface area contributed by atoms with Crippen molar-refractivity contribution in [3.8, 4) is 12.3 Å². The highest BCUT2D eigenvalue weighted by atomic mass is 16.1. The predicted molar refractivity (Wildman–Crippen MR) is 56.0 cm³/mol. The molecule has 0 aliphatic heterocycles. The van der Waals surface area contributed by atoms with Crippen LogP contribution in [-0.2, 0) is 0 Å². The molecule has 0 atom stereocenters. The highest BCUT2D eigenvalue weighted by molar-refractivity contribution is 5.96. The molecule has 0 unspecified atom stereocenters. The fourth-order valence-corrected chi connectivity index (χ4v) is 1.21. The van der Waals surface area contributed by atoms with Crippen molar-refractivity contribution in [1.82, 2.24) is 4.98 Å². The number of pyridine rings is 1. The van der Waals surface area contributed by atoms with Crippen LogP contribution >= 0.6 is 0 Å². The van der Waals surface area contributed by atoms with E-state index in [9.17, 15) is 4.79 Å². The van der Waals surface area contributed by atoms with Gasteiger partial charge in [0.05, 0.1) is 0 Å². The van der Waals surface area contributed by atoms with Crippen molar-refractivity contribution in [2.24, 2.45) is 0 Å². The van der Waals surface area contributed by atoms with Crippen molar-refractivity contribution in [3.05, 3.63) is 29.6 Å². The number of hydrogen-bond acceptors (Lipinski definition) is 2. The number of terminal acetylenes is 1. The van der Waals surface area contributed by atoms with Gasteiger partial charge in [-0.25, -0.2) is 0 Å². The third kappa shape index (κ3) is 3.02. The zero-order valence-electron chi connectivity index (χ0n) is 8.29. The Morgan fingerprint density at radius 1 is 1.64 bits per heavy atom. The summed E-state index contributed by atoms with van der Waals surface area (Å²) in [5.74, 6) is 2.67. The van der Waals surface area contributed by atoms with E-state index >= 15 is 0 Å². The monoisotopic (exact) mass is 187 g/mol. The van der Waals surface area contributed by atoms with E-state index in [1.54, 1.807) is 18.3 Å². The maximum Gasteiger partial charge on any atom is 0.163 e. The van der Waals surface area contributed by atoms with Crippen molar-refractivity contribution in [2.45, 2.75) is 26.2 Å². The molecule has 0 spiro atoms. The van der Waals surface area contributed by atoms with Crippen LogP contribution in [0.1, 0.15) is 35.3 Å². The summed E-state index contributed by atoms with van der Waals surface area (Å²) >= 11 is 0. The molecule has 0 saturated carbocycles. The first-order valence-corrected chi connectivity index (χ1v) is 4.63. The molecule has 2 nitrogen and oxygen atoms in total. The summed E-state index contributed by atoms with van der Waals surface area (Å²) in [6, 6.07) is 3.55. The molecule has 0 N–H and O–H groups in total. The maximum absolute atomic E-state index is 11.6. The lowest BCUT2D eigenvalue weighted by Gasteiger charge is -1.99. The van der Waals surface area contributed by atoms with Gasteiger partial charge < -0.3 is 0 Å². The van der Waals surface area contributed by atoms with Gasteiger partial charge in [0.15, 0.2) is 5.78 Å². The molecule has 1 aromatic rings. The number of ketones is 1. The second kappa shape index (κ2) is 5.18. The molecule has 2 heteroatoms. The molecule has 0 bridgehead atoms. The predicted octanol–water partition coefficient (Wildman–Crippen LogP) is 2.38. The Hall–Kier alpha value is -1.62. The molecular formula is C12H13NO. The van der Waals surface area contributed by atoms with Crippen molar-refractivity contribution in [2.75, 3.05) is 0 Å². The SMILES string of the molecule is C#CCCCC(=O)c1ccnc(C)c1. The van der Waals surface area contributed by atoms with Crippen LogP contribution in [0.15, 0.2) is 18.3 Å². The Morgan fingerprint density at radius 2 is 2.43 bits per heavy atom. The fourth-order valence-electron chi connectivity index (χ4n) is 1.21. The standard InChI is InChI=1S/C12H13NO/c1-3-4-5-6-12(14)11-7-8-13-10(2)9-11/h1,7-9H,4-6H2,2H3. The lowest BCUT2D eigenvalue weighted by Crippen LogP contribution is -1.99. The van der Waals surface area contributed by atoms with Crippen molar-refractivity contribution in [1.29, 1.82) is 0 Å². The third-order valence-corrected chi connectivity index (χ3v) is 1.94. The van der Waals surface area contributed by atoms with Crippen LogP contribution < -0.4 is 0 Å². The van der Waals surface area contributed by atoms with Gasteiger partial charge in [-0.15, -0.1) is 12.3 Å². The van der Waals surface area contributed by atoms with Crippen LogP contribution in [0.4, 0.5) is 0 Å². The largest absolute Gasteiger partial charge is 0.294 e. The fraction of sp³-hybridized carbons (Fsp3) is 0.333. The number of unbranched alkanes of at least 4 members (excludes halogenated alkanes) is 1. The maximum atomic E-state index is 11.6. The van der Waals surface area contributed by atoms with Crippen molar-refractivity contribution in [3.63, 3.8) is 0 Å². The molecule has 1 aromatic heterocycles. The van der Waals surface area contributed by atoms with E-state index in [4.69, 9.17) is 6.42 Å². The first-order valence-electron chi connectivity index (χ1n) is 4.63. The van der Waals surface area contributed by atoms with Crippen LogP contribution in [0.2, 0.25) is 0 Å². The van der Waals surface area contributed by atoms with Crippen LogP contribution in [0.3, 0.4) is 0 Å². The minimum Gasteiger partial charge on any atom is -0.294 e. The number of carbonyl (C=O) groups excluding carboxylic acids is 1. The zero-order chi connectivity index (χ0) is 10.4. The first-order chi connectivity index (χ1) is 6.74. The normalized spacial score (nSPS) is 9.43. The summed E-state index contributed by atoms with van der Waals surface area (Å²) in [6.45, 7) is 1.87. The summed E-state index contributed by atoms with van der Waals surface area (Å²) in [7, 11) is 0. The van der Waals surface area contributed by atoms with Gasteiger partial charge in [0, 0.05) is 30.3 Å². The highest BCUT2D eigenvalue weighted by Gasteiger charge is 2.04. The Bertz CT molecular complexity index is 363. The summed E-state index contributed by atoms with van der Waals surface area (Å²) in [6.07, 6.45) is 8.71. The molecule has 0 radical (unpaired) electrons. The molecule has 1 rings (SSSR count). The van der Waals surface area contributed by atoms with E-state index in [1.807, 2.05) is 6.92 Å². The average Bonchev–Trinajstić information content (AvgIpc) is 2.18. The first kappa shape index (κ1) is 10.5. The molecule has 72 valence electrons. The number of Topliss-reactive ketones (excluding diaryl/α,β-unsaturated/α-hetero) is 1. The molecule has 0 fully saturated rings. The van der Waals surface area contributed by atoms with E-state index in [2.05, 4.69) is 10.9 Å². The van der Waals surface area contributed by atoms with E-state index in [0.717, 1.165) is 17.7 Å². The minimum atomic E-state index is 0.144. The quantitative estimate of drug-likeness (QED) is 0.411. The second-order valence-electron chi connectivity index (χ2n) is 3.17. The average molecular weight is 187 g/mol. The number of carbonyl (C=O) groups is 1. The highest BCUT2D eigenvalue weighted by Crippen LogP contribution is 2.07. The van der Waals surface area contributed by atoms with Crippen LogP contribution in [0.25, 0.3) is 0 Å². The number of aromatic nitrogens is 1. The lowest BCUT2D eigenvalue weighted by molar-refractivity contribution is 0.0980. The van der Waals surface area contributed by atoms with Crippen molar-refractivity contribution >= 4 is 5.78 Å². The molecular weight excluding hydrogens is 174 g/mol. The second-order valence-corrected chi connectivity index (χ2v) is 3.17. The minimum absolute atomic E-state index is 0.144. The Balaban J connectivity index is 2.57. The van der Waals surface area contributed by atoms with Gasteiger partial charge in [0.1, 0.15) is 0 Å². The Kier molecular flexibility index (Phi) is 3.87. The van der Waals surface area contributed by atoms with Crippen LogP contribution in [0, 0.1) is 19.3 Å².